The number of aliphatic hydroxyl groups excluding tert-OH is 1. The molecule has 1 fully saturated rings. The summed E-state index contributed by atoms with van der Waals surface area (Å²) in [7, 11) is 1.65. The molecule has 0 unspecified atom stereocenters. The predicted molar refractivity (Wildman–Crippen MR) is 111 cm³/mol. The van der Waals surface area contributed by atoms with Crippen molar-refractivity contribution in [3.8, 4) is 17.0 Å². The van der Waals surface area contributed by atoms with Crippen LogP contribution in [0.2, 0.25) is 0 Å². The molecule has 8 nitrogen and oxygen atoms in total. The molecule has 0 spiro atoms. The number of ether oxygens (including phenoxy) is 1. The van der Waals surface area contributed by atoms with Crippen molar-refractivity contribution >= 4 is 11.6 Å². The summed E-state index contributed by atoms with van der Waals surface area (Å²) in [5.41, 5.74) is 2.38. The molecule has 1 amide bonds. The standard InChI is InChI=1S/C22H24N4O4/c1-15(27)21-19(20(24-30-21)16-6-5-9-23-14-16)22(28)26-12-10-25(11-13-26)17-7-3-4-8-18(17)29-2/h3-9,14-15,27H,10-13H2,1-2H3/t15-/m0/s1. The van der Waals surface area contributed by atoms with Crippen LogP contribution in [-0.2, 0) is 0 Å². The maximum Gasteiger partial charge on any atom is 0.259 e. The number of aromatic nitrogens is 2. The fourth-order valence-corrected chi connectivity index (χ4v) is 3.69. The summed E-state index contributed by atoms with van der Waals surface area (Å²) < 4.78 is 10.8. The van der Waals surface area contributed by atoms with Crippen molar-refractivity contribution in [2.24, 2.45) is 0 Å². The van der Waals surface area contributed by atoms with Gasteiger partial charge in [-0.15, -0.1) is 0 Å². The second kappa shape index (κ2) is 8.54. The average molecular weight is 408 g/mol. The summed E-state index contributed by atoms with van der Waals surface area (Å²) in [6, 6.07) is 11.4. The van der Waals surface area contributed by atoms with Gasteiger partial charge in [0, 0.05) is 44.1 Å². The Labute approximate surface area is 174 Å². The monoisotopic (exact) mass is 408 g/mol. The molecule has 2 aromatic heterocycles. The minimum absolute atomic E-state index is 0.172. The smallest absolute Gasteiger partial charge is 0.259 e. The summed E-state index contributed by atoms with van der Waals surface area (Å²) in [4.78, 5) is 21.5. The Bertz CT molecular complexity index is 1010. The first-order chi connectivity index (χ1) is 14.6. The number of rotatable bonds is 5. The number of methoxy groups -OCH3 is 1. The van der Waals surface area contributed by atoms with Crippen LogP contribution in [-0.4, -0.2) is 59.3 Å². The molecule has 0 aliphatic carbocycles. The highest BCUT2D eigenvalue weighted by Gasteiger charge is 2.32. The molecular formula is C22H24N4O4. The van der Waals surface area contributed by atoms with Gasteiger partial charge in [0.25, 0.3) is 5.91 Å². The van der Waals surface area contributed by atoms with E-state index in [0.717, 1.165) is 11.4 Å². The SMILES string of the molecule is COc1ccccc1N1CCN(C(=O)c2c(-c3cccnc3)noc2[C@H](C)O)CC1. The van der Waals surface area contributed by atoms with Crippen LogP contribution in [0.3, 0.4) is 0 Å². The molecule has 3 aromatic rings. The summed E-state index contributed by atoms with van der Waals surface area (Å²) in [5.74, 6) is 0.781. The molecule has 8 heteroatoms. The van der Waals surface area contributed by atoms with Crippen molar-refractivity contribution in [2.45, 2.75) is 13.0 Å². The van der Waals surface area contributed by atoms with Crippen LogP contribution in [0.1, 0.15) is 29.1 Å². The van der Waals surface area contributed by atoms with Gasteiger partial charge in [0.1, 0.15) is 23.1 Å². The first-order valence-electron chi connectivity index (χ1n) is 9.85. The van der Waals surface area contributed by atoms with Crippen LogP contribution in [0.15, 0.2) is 53.3 Å². The zero-order chi connectivity index (χ0) is 21.1. The molecule has 1 atom stereocenters. The van der Waals surface area contributed by atoms with Gasteiger partial charge < -0.3 is 24.2 Å². The van der Waals surface area contributed by atoms with Crippen molar-refractivity contribution in [3.63, 3.8) is 0 Å². The number of amides is 1. The van der Waals surface area contributed by atoms with Crippen molar-refractivity contribution in [2.75, 3.05) is 38.2 Å². The lowest BCUT2D eigenvalue weighted by Gasteiger charge is -2.36. The first-order valence-corrected chi connectivity index (χ1v) is 9.85. The minimum atomic E-state index is -0.947. The van der Waals surface area contributed by atoms with Gasteiger partial charge in [-0.25, -0.2) is 0 Å². The summed E-state index contributed by atoms with van der Waals surface area (Å²) in [6.45, 7) is 3.97. The van der Waals surface area contributed by atoms with Gasteiger partial charge in [-0.05, 0) is 31.2 Å². The van der Waals surface area contributed by atoms with E-state index < -0.39 is 6.10 Å². The summed E-state index contributed by atoms with van der Waals surface area (Å²) in [5, 5.41) is 14.2. The third-order valence-corrected chi connectivity index (χ3v) is 5.24. The number of piperazine rings is 1. The highest BCUT2D eigenvalue weighted by Crippen LogP contribution is 2.32. The number of carbonyl (C=O) groups is 1. The van der Waals surface area contributed by atoms with E-state index in [4.69, 9.17) is 9.26 Å². The number of hydrogen-bond acceptors (Lipinski definition) is 7. The van der Waals surface area contributed by atoms with Gasteiger partial charge in [-0.3, -0.25) is 9.78 Å². The Morgan fingerprint density at radius 1 is 1.17 bits per heavy atom. The van der Waals surface area contributed by atoms with Gasteiger partial charge in [-0.1, -0.05) is 17.3 Å². The van der Waals surface area contributed by atoms with Crippen LogP contribution in [0.5, 0.6) is 5.75 Å². The number of anilines is 1. The van der Waals surface area contributed by atoms with Crippen LogP contribution in [0.25, 0.3) is 11.3 Å². The zero-order valence-corrected chi connectivity index (χ0v) is 17.0. The van der Waals surface area contributed by atoms with E-state index in [9.17, 15) is 9.90 Å². The van der Waals surface area contributed by atoms with Gasteiger partial charge in [-0.2, -0.15) is 0 Å². The Morgan fingerprint density at radius 3 is 2.60 bits per heavy atom. The number of nitrogens with zero attached hydrogens (tertiary/aromatic N) is 4. The second-order valence-corrected chi connectivity index (χ2v) is 7.14. The molecule has 0 saturated carbocycles. The van der Waals surface area contributed by atoms with Crippen molar-refractivity contribution in [1.82, 2.24) is 15.0 Å². The quantitative estimate of drug-likeness (QED) is 0.694. The molecule has 1 aliphatic heterocycles. The molecule has 1 saturated heterocycles. The molecule has 4 rings (SSSR count). The van der Waals surface area contributed by atoms with Crippen LogP contribution in [0, 0.1) is 0 Å². The lowest BCUT2D eigenvalue weighted by Crippen LogP contribution is -2.49. The van der Waals surface area contributed by atoms with E-state index >= 15 is 0 Å². The highest BCUT2D eigenvalue weighted by molar-refractivity contribution is 6.01. The largest absolute Gasteiger partial charge is 0.495 e. The maximum atomic E-state index is 13.4. The number of para-hydroxylation sites is 2. The lowest BCUT2D eigenvalue weighted by molar-refractivity contribution is 0.0735. The maximum absolute atomic E-state index is 13.4. The van der Waals surface area contributed by atoms with Crippen molar-refractivity contribution < 1.29 is 19.2 Å². The average Bonchev–Trinajstić information content (AvgIpc) is 3.25. The van der Waals surface area contributed by atoms with Gasteiger partial charge in [0.15, 0.2) is 5.76 Å². The number of hydrogen-bond donors (Lipinski definition) is 1. The van der Waals surface area contributed by atoms with Gasteiger partial charge >= 0.3 is 0 Å². The van der Waals surface area contributed by atoms with Crippen LogP contribution < -0.4 is 9.64 Å². The lowest BCUT2D eigenvalue weighted by atomic mass is 10.0. The van der Waals surface area contributed by atoms with Gasteiger partial charge in [0.05, 0.1) is 12.8 Å². The van der Waals surface area contributed by atoms with E-state index in [-0.39, 0.29) is 11.7 Å². The zero-order valence-electron chi connectivity index (χ0n) is 17.0. The number of carbonyl (C=O) groups excluding carboxylic acids is 1. The molecule has 1 N–H and O–H groups in total. The van der Waals surface area contributed by atoms with Crippen LogP contribution >= 0.6 is 0 Å². The third-order valence-electron chi connectivity index (χ3n) is 5.24. The molecule has 0 radical (unpaired) electrons. The van der Waals surface area contributed by atoms with Gasteiger partial charge in [0.2, 0.25) is 0 Å². The van der Waals surface area contributed by atoms with E-state index in [1.54, 1.807) is 37.4 Å². The summed E-state index contributed by atoms with van der Waals surface area (Å²) in [6.07, 6.45) is 2.33. The third kappa shape index (κ3) is 3.73. The van der Waals surface area contributed by atoms with Crippen LogP contribution in [0.4, 0.5) is 5.69 Å². The molecule has 1 aromatic carbocycles. The fraction of sp³-hybridized carbons (Fsp3) is 0.318. The molecule has 156 valence electrons. The second-order valence-electron chi connectivity index (χ2n) is 7.14. The molecule has 0 bridgehead atoms. The Hall–Kier alpha value is -3.39. The highest BCUT2D eigenvalue weighted by atomic mass is 16.5. The minimum Gasteiger partial charge on any atom is -0.495 e. The Morgan fingerprint density at radius 2 is 1.93 bits per heavy atom. The van der Waals surface area contributed by atoms with E-state index in [0.29, 0.717) is 43.0 Å². The Balaban J connectivity index is 1.57. The number of aliphatic hydroxyl groups is 1. The number of pyridine rings is 1. The Kier molecular flexibility index (Phi) is 5.67. The van der Waals surface area contributed by atoms with Crippen molar-refractivity contribution in [3.05, 3.63) is 60.1 Å². The number of benzene rings is 1. The summed E-state index contributed by atoms with van der Waals surface area (Å²) >= 11 is 0. The normalized spacial score (nSPS) is 15.2. The fourth-order valence-electron chi connectivity index (χ4n) is 3.69. The van der Waals surface area contributed by atoms with E-state index in [2.05, 4.69) is 15.0 Å². The molecular weight excluding hydrogens is 384 g/mol. The van der Waals surface area contributed by atoms with E-state index in [1.807, 2.05) is 30.3 Å². The molecule has 3 heterocycles. The molecule has 30 heavy (non-hydrogen) atoms. The predicted octanol–water partition coefficient (Wildman–Crippen LogP) is 2.76. The first kappa shape index (κ1) is 19.9. The molecule has 1 aliphatic rings. The van der Waals surface area contributed by atoms with E-state index in [1.165, 1.54) is 0 Å². The van der Waals surface area contributed by atoms with Crippen molar-refractivity contribution in [1.29, 1.82) is 0 Å². The topological polar surface area (TPSA) is 91.9 Å².